The Morgan fingerprint density at radius 3 is 2.81 bits per heavy atom. The quantitative estimate of drug-likeness (QED) is 0.513. The van der Waals surface area contributed by atoms with Crippen LogP contribution in [0.15, 0.2) is 54.9 Å². The van der Waals surface area contributed by atoms with Crippen molar-refractivity contribution >= 4 is 29.3 Å². The molecule has 8 heteroatoms. The summed E-state index contributed by atoms with van der Waals surface area (Å²) >= 11 is 0. The first kappa shape index (κ1) is 20.7. The van der Waals surface area contributed by atoms with Crippen LogP contribution in [0, 0.1) is 0 Å². The van der Waals surface area contributed by atoms with Gasteiger partial charge >= 0.3 is 0 Å². The van der Waals surface area contributed by atoms with Crippen molar-refractivity contribution in [1.82, 2.24) is 24.8 Å². The van der Waals surface area contributed by atoms with Crippen molar-refractivity contribution in [3.63, 3.8) is 0 Å². The molecule has 1 N–H and O–H groups in total. The monoisotopic (exact) mass is 448 g/mol. The van der Waals surface area contributed by atoms with Gasteiger partial charge in [-0.25, -0.2) is 15.0 Å². The number of aromatic amines is 1. The Hall–Kier alpha value is -3.16. The molecule has 0 bridgehead atoms. The zero-order valence-electron chi connectivity index (χ0n) is 17.7. The number of ether oxygens (including phenoxy) is 1. The van der Waals surface area contributed by atoms with Gasteiger partial charge in [-0.3, -0.25) is 4.90 Å². The van der Waals surface area contributed by atoms with Gasteiger partial charge in [0.25, 0.3) is 0 Å². The second-order valence-electron chi connectivity index (χ2n) is 8.14. The number of piperazine rings is 1. The molecular weight excluding hydrogens is 424 g/mol. The molecule has 0 aliphatic carbocycles. The minimum atomic E-state index is 0. The molecule has 7 nitrogen and oxygen atoms in total. The first-order valence-corrected chi connectivity index (χ1v) is 10.8. The van der Waals surface area contributed by atoms with Crippen LogP contribution in [0.2, 0.25) is 0 Å². The molecule has 2 aliphatic heterocycles. The molecule has 0 amide bonds. The van der Waals surface area contributed by atoms with Crippen LogP contribution < -0.4 is 9.64 Å². The highest BCUT2D eigenvalue weighted by Gasteiger charge is 2.20. The lowest BCUT2D eigenvalue weighted by atomic mass is 10.1. The van der Waals surface area contributed by atoms with E-state index in [1.165, 1.54) is 5.56 Å². The molecule has 0 saturated carbocycles. The second kappa shape index (κ2) is 8.76. The third kappa shape index (κ3) is 4.01. The first-order valence-electron chi connectivity index (χ1n) is 10.8. The Bertz CT molecular complexity index is 1230. The lowest BCUT2D eigenvalue weighted by molar-refractivity contribution is 0.247. The lowest BCUT2D eigenvalue weighted by Crippen LogP contribution is -2.46. The smallest absolute Gasteiger partial charge is 0.161 e. The van der Waals surface area contributed by atoms with Crippen molar-refractivity contribution in [2.45, 2.75) is 13.0 Å². The van der Waals surface area contributed by atoms with E-state index in [9.17, 15) is 0 Å². The van der Waals surface area contributed by atoms with Gasteiger partial charge in [-0.1, -0.05) is 0 Å². The normalized spacial score (nSPS) is 15.9. The van der Waals surface area contributed by atoms with Crippen molar-refractivity contribution in [2.24, 2.45) is 0 Å². The Morgan fingerprint density at radius 2 is 1.91 bits per heavy atom. The van der Waals surface area contributed by atoms with E-state index in [0.29, 0.717) is 0 Å². The fourth-order valence-corrected chi connectivity index (χ4v) is 4.41. The number of imidazole rings is 1. The number of fused-ring (bicyclic) bond motifs is 2. The van der Waals surface area contributed by atoms with Crippen LogP contribution in [0.5, 0.6) is 5.75 Å². The standard InChI is InChI=1S/C24H24N6O.ClH/c1-2-17-4-6-22(28-23(17)25-8-1)30-11-9-29(10-12-30)16-20-15-26-24(27-20)19-3-5-21-18(14-19)7-13-31-21;/h1-6,8,14-15H,7,9-13,16H2,(H,26,27);1H. The number of benzene rings is 1. The Labute approximate surface area is 192 Å². The minimum Gasteiger partial charge on any atom is -0.493 e. The van der Waals surface area contributed by atoms with E-state index in [1.807, 2.05) is 18.3 Å². The second-order valence-corrected chi connectivity index (χ2v) is 8.14. The number of H-pyrrole nitrogens is 1. The molecule has 5 heterocycles. The van der Waals surface area contributed by atoms with E-state index in [-0.39, 0.29) is 12.4 Å². The van der Waals surface area contributed by atoms with Crippen molar-refractivity contribution in [2.75, 3.05) is 37.7 Å². The fraction of sp³-hybridized carbons (Fsp3) is 0.292. The zero-order valence-corrected chi connectivity index (χ0v) is 18.5. The van der Waals surface area contributed by atoms with Gasteiger partial charge in [-0.15, -0.1) is 12.4 Å². The van der Waals surface area contributed by atoms with Crippen LogP contribution in [-0.4, -0.2) is 57.6 Å². The summed E-state index contributed by atoms with van der Waals surface area (Å²) in [5.41, 5.74) is 4.28. The summed E-state index contributed by atoms with van der Waals surface area (Å²) < 4.78 is 5.61. The first-order chi connectivity index (χ1) is 15.3. The Balaban J connectivity index is 0.00000216. The molecule has 0 unspecified atom stereocenters. The van der Waals surface area contributed by atoms with Gasteiger partial charge in [0.05, 0.1) is 12.3 Å². The number of nitrogens with zero attached hydrogens (tertiary/aromatic N) is 5. The Kier molecular flexibility index (Phi) is 5.68. The van der Waals surface area contributed by atoms with E-state index in [4.69, 9.17) is 14.7 Å². The largest absolute Gasteiger partial charge is 0.493 e. The number of aromatic nitrogens is 4. The molecule has 1 aromatic carbocycles. The molecule has 0 atom stereocenters. The van der Waals surface area contributed by atoms with Gasteiger partial charge in [0.1, 0.15) is 17.4 Å². The van der Waals surface area contributed by atoms with Gasteiger partial charge < -0.3 is 14.6 Å². The summed E-state index contributed by atoms with van der Waals surface area (Å²) in [7, 11) is 0. The Morgan fingerprint density at radius 1 is 1.00 bits per heavy atom. The van der Waals surface area contributed by atoms with Gasteiger partial charge in [0.15, 0.2) is 5.65 Å². The third-order valence-corrected chi connectivity index (χ3v) is 6.12. The minimum absolute atomic E-state index is 0. The van der Waals surface area contributed by atoms with E-state index in [1.54, 1.807) is 6.20 Å². The van der Waals surface area contributed by atoms with Crippen LogP contribution in [0.4, 0.5) is 5.82 Å². The van der Waals surface area contributed by atoms with E-state index in [2.05, 4.69) is 50.1 Å². The molecule has 6 rings (SSSR count). The number of rotatable bonds is 4. The SMILES string of the molecule is Cl.c1cnc2nc(N3CCN(Cc4c[nH]c(-c5ccc6c(c5)CCO6)n4)CC3)ccc2c1. The third-order valence-electron chi connectivity index (χ3n) is 6.12. The maximum absolute atomic E-state index is 5.61. The van der Waals surface area contributed by atoms with Crippen LogP contribution in [0.25, 0.3) is 22.4 Å². The molecular formula is C24H25ClN6O. The predicted octanol–water partition coefficient (Wildman–Crippen LogP) is 3.70. The van der Waals surface area contributed by atoms with Crippen LogP contribution in [0.3, 0.4) is 0 Å². The molecule has 3 aromatic heterocycles. The summed E-state index contributed by atoms with van der Waals surface area (Å²) in [6.07, 6.45) is 4.80. The van der Waals surface area contributed by atoms with E-state index >= 15 is 0 Å². The van der Waals surface area contributed by atoms with Crippen molar-refractivity contribution < 1.29 is 4.74 Å². The van der Waals surface area contributed by atoms with Gasteiger partial charge in [-0.2, -0.15) is 0 Å². The topological polar surface area (TPSA) is 70.2 Å². The van der Waals surface area contributed by atoms with Crippen molar-refractivity contribution in [3.05, 3.63) is 66.1 Å². The van der Waals surface area contributed by atoms with Crippen molar-refractivity contribution in [1.29, 1.82) is 0 Å². The molecule has 0 spiro atoms. The summed E-state index contributed by atoms with van der Waals surface area (Å²) in [4.78, 5) is 22.1. The average molecular weight is 449 g/mol. The average Bonchev–Trinajstić information content (AvgIpc) is 3.48. The number of anilines is 1. The fourth-order valence-electron chi connectivity index (χ4n) is 4.41. The van der Waals surface area contributed by atoms with Crippen molar-refractivity contribution in [3.8, 4) is 17.1 Å². The molecule has 164 valence electrons. The zero-order chi connectivity index (χ0) is 20.6. The molecule has 32 heavy (non-hydrogen) atoms. The maximum Gasteiger partial charge on any atom is 0.161 e. The van der Waals surface area contributed by atoms with E-state index in [0.717, 1.165) is 85.4 Å². The number of pyridine rings is 2. The summed E-state index contributed by atoms with van der Waals surface area (Å²) in [6, 6.07) is 14.5. The van der Waals surface area contributed by atoms with Crippen LogP contribution >= 0.6 is 12.4 Å². The van der Waals surface area contributed by atoms with Gasteiger partial charge in [0, 0.05) is 62.5 Å². The van der Waals surface area contributed by atoms with Crippen LogP contribution in [0.1, 0.15) is 11.3 Å². The van der Waals surface area contributed by atoms with E-state index < -0.39 is 0 Å². The van der Waals surface area contributed by atoms with Gasteiger partial charge in [-0.05, 0) is 48.0 Å². The number of hydrogen-bond donors (Lipinski definition) is 1. The summed E-state index contributed by atoms with van der Waals surface area (Å²) in [5.74, 6) is 2.94. The van der Waals surface area contributed by atoms with Gasteiger partial charge in [0.2, 0.25) is 0 Å². The highest BCUT2D eigenvalue weighted by atomic mass is 35.5. The number of halogens is 1. The summed E-state index contributed by atoms with van der Waals surface area (Å²) in [5, 5.41) is 1.08. The molecule has 2 aliphatic rings. The summed E-state index contributed by atoms with van der Waals surface area (Å²) in [6.45, 7) is 5.51. The highest BCUT2D eigenvalue weighted by Crippen LogP contribution is 2.29. The predicted molar refractivity (Wildman–Crippen MR) is 127 cm³/mol. The molecule has 1 saturated heterocycles. The molecule has 1 fully saturated rings. The molecule has 0 radical (unpaired) electrons. The van der Waals surface area contributed by atoms with Crippen LogP contribution in [-0.2, 0) is 13.0 Å². The highest BCUT2D eigenvalue weighted by molar-refractivity contribution is 5.85. The number of nitrogens with one attached hydrogen (secondary N) is 1. The number of hydrogen-bond acceptors (Lipinski definition) is 6. The molecule has 4 aromatic rings. The maximum atomic E-state index is 5.61. The lowest BCUT2D eigenvalue weighted by Gasteiger charge is -2.35.